The second-order valence-corrected chi connectivity index (χ2v) is 10.8. The van der Waals surface area contributed by atoms with E-state index in [-0.39, 0.29) is 0 Å². The summed E-state index contributed by atoms with van der Waals surface area (Å²) in [6, 6.07) is 23.1. The summed E-state index contributed by atoms with van der Waals surface area (Å²) in [5.74, 6) is 0.971. The van der Waals surface area contributed by atoms with Crippen molar-refractivity contribution in [2.45, 2.75) is 19.9 Å². The fraction of sp³-hybridized carbons (Fsp3) is 0.281. The Balaban J connectivity index is 1.09. The molecule has 0 bridgehead atoms. The highest BCUT2D eigenvalue weighted by Crippen LogP contribution is 2.29. The number of hydrogen-bond donors (Lipinski definition) is 1. The molecule has 0 atom stereocenters. The van der Waals surface area contributed by atoms with Crippen molar-refractivity contribution < 1.29 is 4.42 Å². The summed E-state index contributed by atoms with van der Waals surface area (Å²) in [6.45, 7) is 7.49. The minimum absolute atomic E-state index is 0.771. The number of rotatable bonds is 7. The molecule has 1 fully saturated rings. The quantitative estimate of drug-likeness (QED) is 0.252. The van der Waals surface area contributed by atoms with Gasteiger partial charge in [-0.15, -0.1) is 0 Å². The Morgan fingerprint density at radius 1 is 1.00 bits per heavy atom. The number of anilines is 2. The number of nitrogens with one attached hydrogen (secondary N) is 1. The number of aryl methyl sites for hydroxylation is 1. The molecule has 0 saturated carbocycles. The van der Waals surface area contributed by atoms with Gasteiger partial charge in [0.05, 0.1) is 5.52 Å². The van der Waals surface area contributed by atoms with E-state index < -0.39 is 0 Å². The minimum Gasteiger partial charge on any atom is -0.461 e. The molecule has 7 nitrogen and oxygen atoms in total. The highest BCUT2D eigenvalue weighted by molar-refractivity contribution is 7.80. The second kappa shape index (κ2) is 11.6. The van der Waals surface area contributed by atoms with Gasteiger partial charge < -0.3 is 24.4 Å². The third-order valence-electron chi connectivity index (χ3n) is 7.76. The topological polar surface area (TPSA) is 60.7 Å². The van der Waals surface area contributed by atoms with E-state index in [0.29, 0.717) is 0 Å². The van der Waals surface area contributed by atoms with Crippen LogP contribution in [0.1, 0.15) is 16.9 Å². The summed E-state index contributed by atoms with van der Waals surface area (Å²) in [5, 5.41) is 6.51. The first-order valence-electron chi connectivity index (χ1n) is 13.8. The Bertz CT molecular complexity index is 1620. The molecule has 3 aromatic carbocycles. The van der Waals surface area contributed by atoms with Gasteiger partial charge in [-0.1, -0.05) is 30.3 Å². The molecule has 3 heterocycles. The number of para-hydroxylation sites is 1. The number of thiocarbonyl (C=S) groups is 1. The molecule has 8 heteroatoms. The maximum atomic E-state index is 6.13. The number of aromatic nitrogens is 2. The summed E-state index contributed by atoms with van der Waals surface area (Å²) in [7, 11) is 2.16. The molecular weight excluding hydrogens is 516 g/mol. The van der Waals surface area contributed by atoms with Crippen molar-refractivity contribution in [3.63, 3.8) is 0 Å². The SMILES string of the molecule is Cc1oc2ccc(NC(=S)N3CCN(c4ccccc4)CC3)cc2c1CCN(C)Cc1cccc2ncncc12. The lowest BCUT2D eigenvalue weighted by molar-refractivity contribution is 0.332. The number of piperazine rings is 1. The van der Waals surface area contributed by atoms with Crippen molar-refractivity contribution in [1.82, 2.24) is 19.8 Å². The Hall–Kier alpha value is -4.01. The van der Waals surface area contributed by atoms with Crippen LogP contribution in [-0.2, 0) is 13.0 Å². The number of hydrogen-bond acceptors (Lipinski definition) is 6. The molecule has 5 aromatic rings. The third-order valence-corrected chi connectivity index (χ3v) is 8.12. The summed E-state index contributed by atoms with van der Waals surface area (Å²) in [5.41, 5.74) is 6.64. The van der Waals surface area contributed by atoms with Gasteiger partial charge in [0.25, 0.3) is 0 Å². The van der Waals surface area contributed by atoms with Gasteiger partial charge in [0.1, 0.15) is 17.7 Å². The molecule has 1 aliphatic heterocycles. The average Bonchev–Trinajstić information content (AvgIpc) is 3.30. The van der Waals surface area contributed by atoms with Gasteiger partial charge in [0, 0.05) is 73.2 Å². The largest absolute Gasteiger partial charge is 0.461 e. The molecule has 1 N–H and O–H groups in total. The van der Waals surface area contributed by atoms with Gasteiger partial charge >= 0.3 is 0 Å². The zero-order valence-electron chi connectivity index (χ0n) is 23.0. The first kappa shape index (κ1) is 26.2. The van der Waals surface area contributed by atoms with Crippen molar-refractivity contribution in [2.75, 3.05) is 50.0 Å². The summed E-state index contributed by atoms with van der Waals surface area (Å²) < 4.78 is 6.13. The van der Waals surface area contributed by atoms with Crippen LogP contribution in [-0.4, -0.2) is 64.7 Å². The predicted molar refractivity (Wildman–Crippen MR) is 167 cm³/mol. The van der Waals surface area contributed by atoms with Crippen LogP contribution in [0, 0.1) is 6.92 Å². The van der Waals surface area contributed by atoms with E-state index in [2.05, 4.69) is 98.6 Å². The Morgan fingerprint density at radius 2 is 1.82 bits per heavy atom. The molecule has 1 aliphatic rings. The number of furan rings is 1. The van der Waals surface area contributed by atoms with Crippen LogP contribution in [0.2, 0.25) is 0 Å². The van der Waals surface area contributed by atoms with E-state index in [9.17, 15) is 0 Å². The van der Waals surface area contributed by atoms with Crippen LogP contribution in [0.4, 0.5) is 11.4 Å². The van der Waals surface area contributed by atoms with Crippen molar-refractivity contribution in [3.05, 3.63) is 96.1 Å². The molecule has 6 rings (SSSR count). The van der Waals surface area contributed by atoms with Crippen molar-refractivity contribution >= 4 is 50.6 Å². The average molecular weight is 551 g/mol. The van der Waals surface area contributed by atoms with E-state index in [1.165, 1.54) is 16.8 Å². The molecule has 0 radical (unpaired) electrons. The van der Waals surface area contributed by atoms with E-state index in [1.807, 2.05) is 18.3 Å². The fourth-order valence-electron chi connectivity index (χ4n) is 5.54. The maximum absolute atomic E-state index is 6.13. The summed E-state index contributed by atoms with van der Waals surface area (Å²) >= 11 is 5.81. The van der Waals surface area contributed by atoms with E-state index >= 15 is 0 Å². The zero-order valence-corrected chi connectivity index (χ0v) is 23.8. The molecule has 40 heavy (non-hydrogen) atoms. The second-order valence-electron chi connectivity index (χ2n) is 10.4. The standard InChI is InChI=1S/C32H34N6OS/c1-23-27(13-14-36(2)21-24-7-6-10-30-29(24)20-33-22-34-30)28-19-25(11-12-31(28)39-23)35-32(40)38-17-15-37(16-18-38)26-8-4-3-5-9-26/h3-12,19-20,22H,13-18,21H2,1-2H3,(H,35,40). The van der Waals surface area contributed by atoms with Crippen LogP contribution in [0.15, 0.2) is 83.7 Å². The van der Waals surface area contributed by atoms with E-state index in [0.717, 1.165) is 84.1 Å². The molecule has 1 saturated heterocycles. The van der Waals surface area contributed by atoms with Gasteiger partial charge in [-0.3, -0.25) is 0 Å². The van der Waals surface area contributed by atoms with E-state index in [1.54, 1.807) is 6.33 Å². The summed E-state index contributed by atoms with van der Waals surface area (Å²) in [6.07, 6.45) is 4.40. The van der Waals surface area contributed by atoms with Crippen molar-refractivity contribution in [3.8, 4) is 0 Å². The van der Waals surface area contributed by atoms with Gasteiger partial charge in [-0.05, 0) is 74.6 Å². The number of fused-ring (bicyclic) bond motifs is 2. The predicted octanol–water partition coefficient (Wildman–Crippen LogP) is 5.88. The van der Waals surface area contributed by atoms with Gasteiger partial charge in [0.2, 0.25) is 0 Å². The van der Waals surface area contributed by atoms with Crippen LogP contribution >= 0.6 is 12.2 Å². The summed E-state index contributed by atoms with van der Waals surface area (Å²) in [4.78, 5) is 15.6. The molecule has 0 aliphatic carbocycles. The number of likely N-dealkylation sites (N-methyl/N-ethyl adjacent to an activating group) is 1. The zero-order chi connectivity index (χ0) is 27.5. The minimum atomic E-state index is 0.771. The van der Waals surface area contributed by atoms with Crippen LogP contribution in [0.25, 0.3) is 21.9 Å². The number of nitrogens with zero attached hydrogens (tertiary/aromatic N) is 5. The third kappa shape index (κ3) is 5.64. The van der Waals surface area contributed by atoms with E-state index in [4.69, 9.17) is 16.6 Å². The lowest BCUT2D eigenvalue weighted by atomic mass is 10.1. The smallest absolute Gasteiger partial charge is 0.173 e. The first-order valence-corrected chi connectivity index (χ1v) is 14.2. The maximum Gasteiger partial charge on any atom is 0.173 e. The molecule has 204 valence electrons. The molecule has 2 aromatic heterocycles. The van der Waals surface area contributed by atoms with Gasteiger partial charge in [0.15, 0.2) is 5.11 Å². The lowest BCUT2D eigenvalue weighted by Gasteiger charge is -2.37. The van der Waals surface area contributed by atoms with Gasteiger partial charge in [-0.25, -0.2) is 9.97 Å². The molecule has 0 amide bonds. The monoisotopic (exact) mass is 550 g/mol. The normalized spacial score (nSPS) is 13.9. The molecule has 0 spiro atoms. The van der Waals surface area contributed by atoms with Crippen molar-refractivity contribution in [2.24, 2.45) is 0 Å². The van der Waals surface area contributed by atoms with Gasteiger partial charge in [-0.2, -0.15) is 0 Å². The number of benzene rings is 3. The first-order chi connectivity index (χ1) is 19.5. The fourth-order valence-corrected chi connectivity index (χ4v) is 5.84. The van der Waals surface area contributed by atoms with Crippen LogP contribution in [0.3, 0.4) is 0 Å². The Labute approximate surface area is 240 Å². The van der Waals surface area contributed by atoms with Crippen molar-refractivity contribution in [1.29, 1.82) is 0 Å². The highest BCUT2D eigenvalue weighted by atomic mass is 32.1. The molecular formula is C32H34N6OS. The van der Waals surface area contributed by atoms with Crippen LogP contribution < -0.4 is 10.2 Å². The Morgan fingerprint density at radius 3 is 2.65 bits per heavy atom. The molecule has 0 unspecified atom stereocenters. The Kier molecular flexibility index (Phi) is 7.62. The highest BCUT2D eigenvalue weighted by Gasteiger charge is 2.20. The lowest BCUT2D eigenvalue weighted by Crippen LogP contribution is -2.50. The van der Waals surface area contributed by atoms with Crippen LogP contribution in [0.5, 0.6) is 0 Å².